The molecule has 7 nitrogen and oxygen atoms in total. The maximum atomic E-state index is 12.4. The number of aromatic nitrogens is 1. The summed E-state index contributed by atoms with van der Waals surface area (Å²) in [6.07, 6.45) is 6.96. The summed E-state index contributed by atoms with van der Waals surface area (Å²) in [6, 6.07) is 1.69. The predicted octanol–water partition coefficient (Wildman–Crippen LogP) is 2.04. The van der Waals surface area contributed by atoms with E-state index in [9.17, 15) is 9.59 Å². The molecule has 1 aromatic heterocycles. The minimum Gasteiger partial charge on any atom is -0.340 e. The highest BCUT2D eigenvalue weighted by atomic mass is 16.5. The molecule has 0 atom stereocenters. The second-order valence-electron chi connectivity index (χ2n) is 7.25. The Kier molecular flexibility index (Phi) is 6.07. The number of nitrogens with one attached hydrogen (secondary N) is 1. The Morgan fingerprint density at radius 3 is 2.56 bits per heavy atom. The average Bonchev–Trinajstić information content (AvgIpc) is 3.01. The average molecular weight is 348 g/mol. The van der Waals surface area contributed by atoms with Gasteiger partial charge < -0.3 is 9.42 Å². The lowest BCUT2D eigenvalue weighted by Crippen LogP contribution is -2.50. The predicted molar refractivity (Wildman–Crippen MR) is 94.1 cm³/mol. The number of aryl methyl sites for hydroxylation is 1. The van der Waals surface area contributed by atoms with Crippen LogP contribution in [0.1, 0.15) is 44.2 Å². The summed E-state index contributed by atoms with van der Waals surface area (Å²) in [4.78, 5) is 28.5. The van der Waals surface area contributed by atoms with Crippen LogP contribution in [0.5, 0.6) is 0 Å². The monoisotopic (exact) mass is 348 g/mol. The first kappa shape index (κ1) is 17.9. The van der Waals surface area contributed by atoms with Gasteiger partial charge in [0.25, 0.3) is 0 Å². The summed E-state index contributed by atoms with van der Waals surface area (Å²) < 4.78 is 4.99. The molecular weight excluding hydrogens is 320 g/mol. The van der Waals surface area contributed by atoms with Gasteiger partial charge in [-0.2, -0.15) is 0 Å². The van der Waals surface area contributed by atoms with E-state index >= 15 is 0 Å². The standard InChI is InChI=1S/C18H28N4O3/c1-14-11-17(25-20-14)19-16(23)13-21-7-9-22(10-8-21)18(24)12-15-5-3-2-4-6-15/h11,15H,2-10,12-13H2,1H3,(H,19,23). The van der Waals surface area contributed by atoms with Crippen LogP contribution in [0.15, 0.2) is 10.6 Å². The largest absolute Gasteiger partial charge is 0.340 e. The van der Waals surface area contributed by atoms with E-state index < -0.39 is 0 Å². The molecular formula is C18H28N4O3. The Morgan fingerprint density at radius 1 is 1.20 bits per heavy atom. The summed E-state index contributed by atoms with van der Waals surface area (Å²) in [7, 11) is 0. The molecule has 0 spiro atoms. The van der Waals surface area contributed by atoms with E-state index in [0.29, 0.717) is 37.9 Å². The van der Waals surface area contributed by atoms with Gasteiger partial charge in [0.05, 0.1) is 12.2 Å². The van der Waals surface area contributed by atoms with Gasteiger partial charge >= 0.3 is 0 Å². The van der Waals surface area contributed by atoms with Crippen LogP contribution in [0.25, 0.3) is 0 Å². The first-order valence-corrected chi connectivity index (χ1v) is 9.33. The van der Waals surface area contributed by atoms with Gasteiger partial charge in [0.2, 0.25) is 17.7 Å². The number of nitrogens with zero attached hydrogens (tertiary/aromatic N) is 3. The molecule has 1 saturated carbocycles. The SMILES string of the molecule is Cc1cc(NC(=O)CN2CCN(C(=O)CC3CCCCC3)CC2)on1. The lowest BCUT2D eigenvalue weighted by molar-refractivity contribution is -0.134. The number of hydrogen-bond donors (Lipinski definition) is 1. The number of rotatable bonds is 5. The van der Waals surface area contributed by atoms with E-state index in [0.717, 1.165) is 18.8 Å². The van der Waals surface area contributed by atoms with Gasteiger partial charge in [0.15, 0.2) is 0 Å². The zero-order chi connectivity index (χ0) is 17.6. The molecule has 0 unspecified atom stereocenters. The molecule has 1 aliphatic heterocycles. The fourth-order valence-electron chi connectivity index (χ4n) is 3.73. The number of anilines is 1. The van der Waals surface area contributed by atoms with Crippen LogP contribution in [0.2, 0.25) is 0 Å². The van der Waals surface area contributed by atoms with Crippen molar-refractivity contribution in [3.8, 4) is 0 Å². The molecule has 2 heterocycles. The maximum absolute atomic E-state index is 12.4. The summed E-state index contributed by atoms with van der Waals surface area (Å²) in [6.45, 7) is 5.01. The van der Waals surface area contributed by atoms with Crippen molar-refractivity contribution >= 4 is 17.7 Å². The lowest BCUT2D eigenvalue weighted by atomic mass is 9.86. The summed E-state index contributed by atoms with van der Waals surface area (Å²) in [5.41, 5.74) is 0.736. The number of amides is 2. The van der Waals surface area contributed by atoms with E-state index in [4.69, 9.17) is 4.52 Å². The van der Waals surface area contributed by atoms with E-state index in [1.54, 1.807) is 6.07 Å². The van der Waals surface area contributed by atoms with Crippen molar-refractivity contribution in [1.29, 1.82) is 0 Å². The number of carbonyl (C=O) groups is 2. The van der Waals surface area contributed by atoms with Gasteiger partial charge in [-0.15, -0.1) is 0 Å². The summed E-state index contributed by atoms with van der Waals surface area (Å²) >= 11 is 0. The molecule has 1 aromatic rings. The molecule has 138 valence electrons. The molecule has 0 radical (unpaired) electrons. The third-order valence-electron chi connectivity index (χ3n) is 5.17. The van der Waals surface area contributed by atoms with Crippen molar-refractivity contribution in [2.45, 2.75) is 45.4 Å². The van der Waals surface area contributed by atoms with Crippen LogP contribution < -0.4 is 5.32 Å². The molecule has 25 heavy (non-hydrogen) atoms. The Morgan fingerprint density at radius 2 is 1.92 bits per heavy atom. The number of carbonyl (C=O) groups excluding carboxylic acids is 2. The van der Waals surface area contributed by atoms with Gasteiger partial charge in [-0.25, -0.2) is 0 Å². The fourth-order valence-corrected chi connectivity index (χ4v) is 3.73. The van der Waals surface area contributed by atoms with Gasteiger partial charge in [-0.05, 0) is 25.7 Å². The molecule has 2 fully saturated rings. The number of hydrogen-bond acceptors (Lipinski definition) is 5. The van der Waals surface area contributed by atoms with Crippen molar-refractivity contribution < 1.29 is 14.1 Å². The van der Waals surface area contributed by atoms with E-state index in [-0.39, 0.29) is 11.8 Å². The van der Waals surface area contributed by atoms with Crippen molar-refractivity contribution in [1.82, 2.24) is 15.0 Å². The normalized spacial score (nSPS) is 19.8. The maximum Gasteiger partial charge on any atom is 0.240 e. The quantitative estimate of drug-likeness (QED) is 0.881. The van der Waals surface area contributed by atoms with Crippen LogP contribution in [-0.4, -0.2) is 59.5 Å². The van der Waals surface area contributed by atoms with Crippen LogP contribution >= 0.6 is 0 Å². The molecule has 2 aliphatic rings. The lowest BCUT2D eigenvalue weighted by Gasteiger charge is -2.35. The fraction of sp³-hybridized carbons (Fsp3) is 0.722. The second-order valence-corrected chi connectivity index (χ2v) is 7.25. The molecule has 7 heteroatoms. The minimum absolute atomic E-state index is 0.113. The Hall–Kier alpha value is -1.89. The molecule has 1 aliphatic carbocycles. The Bertz CT molecular complexity index is 587. The highest BCUT2D eigenvalue weighted by Gasteiger charge is 2.25. The van der Waals surface area contributed by atoms with Crippen LogP contribution in [0, 0.1) is 12.8 Å². The second kappa shape index (κ2) is 8.47. The van der Waals surface area contributed by atoms with E-state index in [2.05, 4.69) is 15.4 Å². The molecule has 0 aromatic carbocycles. The van der Waals surface area contributed by atoms with Gasteiger partial charge in [-0.3, -0.25) is 19.8 Å². The zero-order valence-corrected chi connectivity index (χ0v) is 15.0. The van der Waals surface area contributed by atoms with Crippen LogP contribution in [-0.2, 0) is 9.59 Å². The Balaban J connectivity index is 1.37. The van der Waals surface area contributed by atoms with Crippen molar-refractivity contribution in [2.24, 2.45) is 5.92 Å². The third kappa shape index (κ3) is 5.29. The third-order valence-corrected chi connectivity index (χ3v) is 5.17. The smallest absolute Gasteiger partial charge is 0.240 e. The zero-order valence-electron chi connectivity index (χ0n) is 15.0. The number of piperazine rings is 1. The first-order valence-electron chi connectivity index (χ1n) is 9.33. The highest BCUT2D eigenvalue weighted by Crippen LogP contribution is 2.27. The van der Waals surface area contributed by atoms with Gasteiger partial charge in [0.1, 0.15) is 0 Å². The first-order chi connectivity index (χ1) is 12.1. The van der Waals surface area contributed by atoms with Crippen molar-refractivity contribution in [3.05, 3.63) is 11.8 Å². The highest BCUT2D eigenvalue weighted by molar-refractivity contribution is 5.91. The van der Waals surface area contributed by atoms with Gasteiger partial charge in [0, 0.05) is 38.7 Å². The molecule has 1 N–H and O–H groups in total. The van der Waals surface area contributed by atoms with Crippen LogP contribution in [0.3, 0.4) is 0 Å². The van der Waals surface area contributed by atoms with Crippen LogP contribution in [0.4, 0.5) is 5.88 Å². The van der Waals surface area contributed by atoms with E-state index in [1.165, 1.54) is 32.1 Å². The summed E-state index contributed by atoms with van der Waals surface area (Å²) in [5, 5.41) is 6.45. The minimum atomic E-state index is -0.113. The topological polar surface area (TPSA) is 78.7 Å². The Labute approximate surface area is 148 Å². The molecule has 1 saturated heterocycles. The van der Waals surface area contributed by atoms with E-state index in [1.807, 2.05) is 11.8 Å². The van der Waals surface area contributed by atoms with Crippen molar-refractivity contribution in [3.63, 3.8) is 0 Å². The summed E-state index contributed by atoms with van der Waals surface area (Å²) in [5.74, 6) is 1.13. The van der Waals surface area contributed by atoms with Crippen molar-refractivity contribution in [2.75, 3.05) is 38.0 Å². The molecule has 2 amide bonds. The molecule has 3 rings (SSSR count). The molecule has 0 bridgehead atoms. The van der Waals surface area contributed by atoms with Gasteiger partial charge in [-0.1, -0.05) is 24.4 Å².